The number of hydrogen-bond acceptors (Lipinski definition) is 5. The highest BCUT2D eigenvalue weighted by molar-refractivity contribution is 6.01. The standard InChI is InChI=1S/C34H34FN3O2/c1-20-7-6-8-25(13-20)38-29-16-34(4,5)17-30(39)32(29)31(28(18-36)33(38)37)27-15-23(21(2)14-22(27)3)19-40-26-11-9-24(35)10-12-26/h6-15,31H,16-17,19,37H2,1-5H3. The van der Waals surface area contributed by atoms with Gasteiger partial charge in [-0.25, -0.2) is 4.39 Å². The third kappa shape index (κ3) is 5.00. The molecule has 2 aliphatic rings. The van der Waals surface area contributed by atoms with Crippen LogP contribution in [0.25, 0.3) is 0 Å². The molecule has 3 aromatic carbocycles. The van der Waals surface area contributed by atoms with E-state index in [9.17, 15) is 14.4 Å². The first-order valence-corrected chi connectivity index (χ1v) is 13.5. The maximum atomic E-state index is 13.9. The molecule has 1 atom stereocenters. The molecule has 40 heavy (non-hydrogen) atoms. The van der Waals surface area contributed by atoms with Crippen molar-refractivity contribution >= 4 is 11.5 Å². The zero-order valence-electron chi connectivity index (χ0n) is 23.6. The maximum absolute atomic E-state index is 13.9. The average molecular weight is 536 g/mol. The number of benzene rings is 3. The topological polar surface area (TPSA) is 79.3 Å². The van der Waals surface area contributed by atoms with Gasteiger partial charge in [0.1, 0.15) is 24.0 Å². The number of hydrogen-bond donors (Lipinski definition) is 1. The van der Waals surface area contributed by atoms with Crippen molar-refractivity contribution in [1.82, 2.24) is 0 Å². The van der Waals surface area contributed by atoms with Gasteiger partial charge in [0.25, 0.3) is 0 Å². The minimum Gasteiger partial charge on any atom is -0.489 e. The Hall–Kier alpha value is -4.37. The molecule has 0 spiro atoms. The number of nitrogens with zero attached hydrogens (tertiary/aromatic N) is 2. The van der Waals surface area contributed by atoms with Crippen LogP contribution in [0, 0.1) is 43.3 Å². The van der Waals surface area contributed by atoms with E-state index in [1.54, 1.807) is 12.1 Å². The molecule has 1 aliphatic carbocycles. The highest BCUT2D eigenvalue weighted by Crippen LogP contribution is 2.51. The summed E-state index contributed by atoms with van der Waals surface area (Å²) in [6.45, 7) is 10.5. The molecule has 0 radical (unpaired) electrons. The lowest BCUT2D eigenvalue weighted by atomic mass is 9.68. The van der Waals surface area contributed by atoms with Gasteiger partial charge in [0.15, 0.2) is 5.78 Å². The lowest BCUT2D eigenvalue weighted by Gasteiger charge is -2.44. The number of Topliss-reactive ketones (excluding diaryl/α,β-unsaturated/α-hetero) is 1. The number of halogens is 1. The normalized spacial score (nSPS) is 18.5. The van der Waals surface area contributed by atoms with E-state index in [-0.39, 0.29) is 23.6 Å². The Bertz CT molecular complexity index is 1610. The van der Waals surface area contributed by atoms with E-state index >= 15 is 0 Å². The number of allylic oxidation sites excluding steroid dienone is 3. The van der Waals surface area contributed by atoms with Crippen LogP contribution < -0.4 is 15.4 Å². The molecular formula is C34H34FN3O2. The van der Waals surface area contributed by atoms with Crippen LogP contribution >= 0.6 is 0 Å². The summed E-state index contributed by atoms with van der Waals surface area (Å²) < 4.78 is 19.3. The SMILES string of the molecule is Cc1cccc(N2C(N)=C(C#N)C(c3cc(COc4ccc(F)cc4)c(C)cc3C)C3=C2CC(C)(C)CC3=O)c1. The van der Waals surface area contributed by atoms with Crippen molar-refractivity contribution < 1.29 is 13.9 Å². The summed E-state index contributed by atoms with van der Waals surface area (Å²) >= 11 is 0. The predicted octanol–water partition coefficient (Wildman–Crippen LogP) is 7.27. The second-order valence-corrected chi connectivity index (χ2v) is 11.7. The number of aryl methyl sites for hydroxylation is 3. The fourth-order valence-corrected chi connectivity index (χ4v) is 5.96. The van der Waals surface area contributed by atoms with Gasteiger partial charge in [-0.2, -0.15) is 5.26 Å². The van der Waals surface area contributed by atoms with E-state index < -0.39 is 5.92 Å². The predicted molar refractivity (Wildman–Crippen MR) is 155 cm³/mol. The Morgan fingerprint density at radius 1 is 1.05 bits per heavy atom. The fourth-order valence-electron chi connectivity index (χ4n) is 5.96. The largest absolute Gasteiger partial charge is 0.489 e. The van der Waals surface area contributed by atoms with Gasteiger partial charge >= 0.3 is 0 Å². The van der Waals surface area contributed by atoms with Gasteiger partial charge in [0.2, 0.25) is 0 Å². The Labute approximate surface area is 235 Å². The number of carbonyl (C=O) groups is 1. The van der Waals surface area contributed by atoms with Gasteiger partial charge in [-0.3, -0.25) is 9.69 Å². The van der Waals surface area contributed by atoms with E-state index in [1.165, 1.54) is 12.1 Å². The Balaban J connectivity index is 1.66. The summed E-state index contributed by atoms with van der Waals surface area (Å²) in [5.41, 5.74) is 14.2. The molecule has 5 nitrogen and oxygen atoms in total. The molecule has 0 saturated carbocycles. The summed E-state index contributed by atoms with van der Waals surface area (Å²) in [5, 5.41) is 10.5. The average Bonchev–Trinajstić information content (AvgIpc) is 2.88. The van der Waals surface area contributed by atoms with Crippen molar-refractivity contribution in [3.05, 3.63) is 117 Å². The Kier molecular flexibility index (Phi) is 7.01. The number of nitriles is 1. The summed E-state index contributed by atoms with van der Waals surface area (Å²) in [7, 11) is 0. The van der Waals surface area contributed by atoms with E-state index in [0.717, 1.165) is 39.2 Å². The van der Waals surface area contributed by atoms with E-state index in [0.29, 0.717) is 35.6 Å². The smallest absolute Gasteiger partial charge is 0.162 e. The molecule has 0 aromatic heterocycles. The number of nitrogens with two attached hydrogens (primary N) is 1. The van der Waals surface area contributed by atoms with E-state index in [1.807, 2.05) is 56.0 Å². The van der Waals surface area contributed by atoms with Crippen LogP contribution in [0.3, 0.4) is 0 Å². The molecule has 0 saturated heterocycles. The highest BCUT2D eigenvalue weighted by atomic mass is 19.1. The van der Waals surface area contributed by atoms with Crippen LogP contribution in [0.4, 0.5) is 10.1 Å². The number of anilines is 1. The van der Waals surface area contributed by atoms with Crippen LogP contribution in [0.2, 0.25) is 0 Å². The first-order valence-electron chi connectivity index (χ1n) is 13.5. The Morgan fingerprint density at radius 3 is 2.45 bits per heavy atom. The first-order chi connectivity index (χ1) is 19.0. The molecule has 6 heteroatoms. The van der Waals surface area contributed by atoms with E-state index in [4.69, 9.17) is 10.5 Å². The van der Waals surface area contributed by atoms with E-state index in [2.05, 4.69) is 26.0 Å². The fraction of sp³-hybridized carbons (Fsp3) is 0.294. The molecule has 0 fully saturated rings. The zero-order chi connectivity index (χ0) is 28.8. The lowest BCUT2D eigenvalue weighted by molar-refractivity contribution is -0.118. The molecule has 3 aromatic rings. The zero-order valence-corrected chi connectivity index (χ0v) is 23.6. The maximum Gasteiger partial charge on any atom is 0.162 e. The van der Waals surface area contributed by atoms with Crippen molar-refractivity contribution in [1.29, 1.82) is 5.26 Å². The number of carbonyl (C=O) groups excluding carboxylic acids is 1. The van der Waals surface area contributed by atoms with Crippen molar-refractivity contribution in [2.75, 3.05) is 4.90 Å². The monoisotopic (exact) mass is 535 g/mol. The third-order valence-corrected chi connectivity index (χ3v) is 7.88. The molecule has 1 unspecified atom stereocenters. The molecule has 1 aliphatic heterocycles. The number of ketones is 1. The van der Waals surface area contributed by atoms with Gasteiger partial charge in [0, 0.05) is 23.4 Å². The summed E-state index contributed by atoms with van der Waals surface area (Å²) in [4.78, 5) is 15.8. The van der Waals surface area contributed by atoms with Gasteiger partial charge in [-0.15, -0.1) is 0 Å². The van der Waals surface area contributed by atoms with Crippen LogP contribution in [0.15, 0.2) is 83.3 Å². The van der Waals surface area contributed by atoms with Crippen molar-refractivity contribution in [3.8, 4) is 11.8 Å². The first kappa shape index (κ1) is 27.2. The van der Waals surface area contributed by atoms with Crippen LogP contribution in [-0.4, -0.2) is 5.78 Å². The lowest BCUT2D eigenvalue weighted by Crippen LogP contribution is -2.42. The third-order valence-electron chi connectivity index (χ3n) is 7.88. The summed E-state index contributed by atoms with van der Waals surface area (Å²) in [6.07, 6.45) is 1.05. The van der Waals surface area contributed by atoms with Crippen molar-refractivity contribution in [2.24, 2.45) is 11.1 Å². The molecule has 1 heterocycles. The van der Waals surface area contributed by atoms with Crippen molar-refractivity contribution in [3.63, 3.8) is 0 Å². The molecule has 0 bridgehead atoms. The Morgan fingerprint density at radius 2 is 1.77 bits per heavy atom. The quantitative estimate of drug-likeness (QED) is 0.372. The molecule has 0 amide bonds. The minimum absolute atomic E-state index is 0.0400. The molecule has 204 valence electrons. The van der Waals surface area contributed by atoms with Crippen LogP contribution in [0.1, 0.15) is 60.4 Å². The number of rotatable bonds is 5. The van der Waals surface area contributed by atoms with Gasteiger partial charge in [-0.1, -0.05) is 38.1 Å². The summed E-state index contributed by atoms with van der Waals surface area (Å²) in [6, 6.07) is 20.4. The summed E-state index contributed by atoms with van der Waals surface area (Å²) in [5.74, 6) is 0.0569. The molecular weight excluding hydrogens is 501 g/mol. The number of ether oxygens (including phenoxy) is 1. The second kappa shape index (κ2) is 10.3. The minimum atomic E-state index is -0.574. The molecule has 2 N–H and O–H groups in total. The van der Waals surface area contributed by atoms with Gasteiger partial charge in [-0.05, 0) is 96.8 Å². The second-order valence-electron chi connectivity index (χ2n) is 11.7. The highest BCUT2D eigenvalue weighted by Gasteiger charge is 2.45. The van der Waals surface area contributed by atoms with Crippen LogP contribution in [-0.2, 0) is 11.4 Å². The molecule has 5 rings (SSSR count). The van der Waals surface area contributed by atoms with Crippen LogP contribution in [0.5, 0.6) is 5.75 Å². The van der Waals surface area contributed by atoms with Gasteiger partial charge < -0.3 is 10.5 Å². The van der Waals surface area contributed by atoms with Crippen molar-refractivity contribution in [2.45, 2.75) is 60.0 Å². The van der Waals surface area contributed by atoms with Gasteiger partial charge in [0.05, 0.1) is 17.6 Å².